The highest BCUT2D eigenvalue weighted by Gasteiger charge is 2.31. The fraction of sp³-hybridized carbons (Fsp3) is 0.350. The number of rotatable bonds is 4. The fourth-order valence-corrected chi connectivity index (χ4v) is 4.49. The molecular formula is C20H23N5O4S. The summed E-state index contributed by atoms with van der Waals surface area (Å²) in [6.45, 7) is 2.30. The highest BCUT2D eigenvalue weighted by atomic mass is 32.2. The van der Waals surface area contributed by atoms with E-state index in [1.165, 1.54) is 10.6 Å². The van der Waals surface area contributed by atoms with Gasteiger partial charge in [-0.2, -0.15) is 0 Å². The van der Waals surface area contributed by atoms with Gasteiger partial charge >= 0.3 is 0 Å². The number of benzene rings is 1. The number of aryl methyl sites for hydroxylation is 1. The zero-order valence-corrected chi connectivity index (χ0v) is 17.6. The summed E-state index contributed by atoms with van der Waals surface area (Å²) in [5.41, 5.74) is 2.19. The van der Waals surface area contributed by atoms with Gasteiger partial charge in [-0.05, 0) is 38.3 Å². The minimum Gasteiger partial charge on any atom is -0.330 e. The Hall–Kier alpha value is -3.14. The molecule has 10 heteroatoms. The maximum atomic E-state index is 13.4. The average Bonchev–Trinajstić information content (AvgIpc) is 3.11. The molecule has 1 saturated heterocycles. The zero-order valence-electron chi connectivity index (χ0n) is 16.8. The molecule has 1 atom stereocenters. The maximum Gasteiger partial charge on any atom is 0.272 e. The number of nitrogens with one attached hydrogen (secondary N) is 2. The molecule has 0 bridgehead atoms. The lowest BCUT2D eigenvalue weighted by Gasteiger charge is -2.35. The molecule has 9 nitrogen and oxygen atoms in total. The van der Waals surface area contributed by atoms with E-state index in [0.717, 1.165) is 31.2 Å². The average molecular weight is 430 g/mol. The quantitative estimate of drug-likeness (QED) is 0.659. The molecule has 1 fully saturated rings. The van der Waals surface area contributed by atoms with Crippen LogP contribution in [0.2, 0.25) is 0 Å². The predicted octanol–water partition coefficient (Wildman–Crippen LogP) is 2.07. The van der Waals surface area contributed by atoms with Crippen LogP contribution < -0.4 is 10.3 Å². The van der Waals surface area contributed by atoms with E-state index in [1.54, 1.807) is 42.2 Å². The first-order valence-electron chi connectivity index (χ1n) is 9.70. The lowest BCUT2D eigenvalue weighted by molar-refractivity contribution is 0.0607. The minimum absolute atomic E-state index is 0.208. The number of H-pyrrole nitrogens is 1. The van der Waals surface area contributed by atoms with Crippen LogP contribution in [0.5, 0.6) is 0 Å². The number of piperidine rings is 1. The van der Waals surface area contributed by atoms with Gasteiger partial charge in [0.25, 0.3) is 11.5 Å². The highest BCUT2D eigenvalue weighted by molar-refractivity contribution is 7.92. The van der Waals surface area contributed by atoms with Crippen LogP contribution in [-0.4, -0.2) is 46.6 Å². The van der Waals surface area contributed by atoms with Gasteiger partial charge in [-0.3, -0.25) is 19.4 Å². The van der Waals surface area contributed by atoms with Crippen molar-refractivity contribution in [3.63, 3.8) is 0 Å². The molecule has 1 unspecified atom stereocenters. The first-order valence-corrected chi connectivity index (χ1v) is 11.6. The van der Waals surface area contributed by atoms with Crippen LogP contribution in [0.4, 0.5) is 5.69 Å². The van der Waals surface area contributed by atoms with E-state index in [4.69, 9.17) is 0 Å². The Morgan fingerprint density at radius 2 is 2.00 bits per heavy atom. The number of anilines is 1. The molecule has 0 saturated carbocycles. The first kappa shape index (κ1) is 20.1. The SMILES string of the molecule is Cc1cc(=O)n2[nH]c(C3CCCCN3C(=O)c3ccccc3NS(C)(=O)=O)cc2n1. The summed E-state index contributed by atoms with van der Waals surface area (Å²) >= 11 is 0. The van der Waals surface area contributed by atoms with Crippen LogP contribution >= 0.6 is 0 Å². The van der Waals surface area contributed by atoms with E-state index in [0.29, 0.717) is 17.9 Å². The van der Waals surface area contributed by atoms with Crippen molar-refractivity contribution >= 4 is 27.3 Å². The Labute approximate surface area is 173 Å². The van der Waals surface area contributed by atoms with Gasteiger partial charge in [0.15, 0.2) is 5.65 Å². The highest BCUT2D eigenvalue weighted by Crippen LogP contribution is 2.33. The molecule has 3 aromatic rings. The molecule has 2 N–H and O–H groups in total. The van der Waals surface area contributed by atoms with Crippen molar-refractivity contribution in [2.45, 2.75) is 32.2 Å². The third-order valence-corrected chi connectivity index (χ3v) is 5.76. The molecule has 1 aliphatic rings. The van der Waals surface area contributed by atoms with Gasteiger partial charge in [0, 0.05) is 24.4 Å². The normalized spacial score (nSPS) is 17.3. The van der Waals surface area contributed by atoms with E-state index >= 15 is 0 Å². The summed E-state index contributed by atoms with van der Waals surface area (Å²) in [6.07, 6.45) is 3.57. The summed E-state index contributed by atoms with van der Waals surface area (Å²) in [6, 6.07) is 9.55. The summed E-state index contributed by atoms with van der Waals surface area (Å²) in [5, 5.41) is 3.09. The molecular weight excluding hydrogens is 406 g/mol. The topological polar surface area (TPSA) is 117 Å². The fourth-order valence-electron chi connectivity index (χ4n) is 3.91. The molecule has 3 heterocycles. The van der Waals surface area contributed by atoms with Crippen molar-refractivity contribution in [3.05, 3.63) is 63.7 Å². The summed E-state index contributed by atoms with van der Waals surface area (Å²) in [7, 11) is -3.53. The number of amides is 1. The zero-order chi connectivity index (χ0) is 21.5. The number of para-hydroxylation sites is 1. The van der Waals surface area contributed by atoms with Crippen LogP contribution in [0.15, 0.2) is 41.2 Å². The predicted molar refractivity (Wildman–Crippen MR) is 113 cm³/mol. The van der Waals surface area contributed by atoms with Gasteiger partial charge in [0.1, 0.15) is 0 Å². The molecule has 4 rings (SSSR count). The Kier molecular flexibility index (Phi) is 5.10. The second kappa shape index (κ2) is 7.60. The molecule has 0 aliphatic carbocycles. The van der Waals surface area contributed by atoms with Gasteiger partial charge in [-0.1, -0.05) is 12.1 Å². The second-order valence-corrected chi connectivity index (χ2v) is 9.32. The van der Waals surface area contributed by atoms with Crippen LogP contribution in [0.3, 0.4) is 0 Å². The number of fused-ring (bicyclic) bond motifs is 1. The van der Waals surface area contributed by atoms with E-state index in [9.17, 15) is 18.0 Å². The number of likely N-dealkylation sites (tertiary alicyclic amines) is 1. The Morgan fingerprint density at radius 3 is 2.77 bits per heavy atom. The largest absolute Gasteiger partial charge is 0.330 e. The van der Waals surface area contributed by atoms with Gasteiger partial charge in [0.2, 0.25) is 10.0 Å². The lowest BCUT2D eigenvalue weighted by atomic mass is 9.98. The minimum atomic E-state index is -3.53. The molecule has 1 aliphatic heterocycles. The lowest BCUT2D eigenvalue weighted by Crippen LogP contribution is -2.39. The molecule has 0 spiro atoms. The Morgan fingerprint density at radius 1 is 1.23 bits per heavy atom. The third-order valence-electron chi connectivity index (χ3n) is 5.17. The number of aromatic nitrogens is 3. The number of nitrogens with zero attached hydrogens (tertiary/aromatic N) is 3. The maximum absolute atomic E-state index is 13.4. The summed E-state index contributed by atoms with van der Waals surface area (Å²) in [4.78, 5) is 31.8. The number of sulfonamides is 1. The van der Waals surface area contributed by atoms with E-state index in [-0.39, 0.29) is 28.8 Å². The van der Waals surface area contributed by atoms with Crippen LogP contribution in [-0.2, 0) is 10.0 Å². The van der Waals surface area contributed by atoms with E-state index in [1.807, 2.05) is 0 Å². The Balaban J connectivity index is 1.73. The number of hydrogen-bond donors (Lipinski definition) is 2. The molecule has 30 heavy (non-hydrogen) atoms. The van der Waals surface area contributed by atoms with Crippen molar-refractivity contribution in [1.82, 2.24) is 19.5 Å². The van der Waals surface area contributed by atoms with E-state index < -0.39 is 10.0 Å². The molecule has 158 valence electrons. The molecule has 1 aromatic carbocycles. The van der Waals surface area contributed by atoms with Gasteiger partial charge < -0.3 is 4.90 Å². The van der Waals surface area contributed by atoms with Gasteiger partial charge in [-0.25, -0.2) is 17.9 Å². The van der Waals surface area contributed by atoms with Crippen molar-refractivity contribution in [1.29, 1.82) is 0 Å². The second-order valence-electron chi connectivity index (χ2n) is 7.57. The van der Waals surface area contributed by atoms with Gasteiger partial charge in [-0.15, -0.1) is 0 Å². The van der Waals surface area contributed by atoms with Crippen LogP contribution in [0, 0.1) is 6.92 Å². The van der Waals surface area contributed by atoms with Crippen molar-refractivity contribution in [2.24, 2.45) is 0 Å². The number of carbonyl (C=O) groups is 1. The van der Waals surface area contributed by atoms with Crippen LogP contribution in [0.1, 0.15) is 47.1 Å². The van der Waals surface area contributed by atoms with Crippen molar-refractivity contribution in [3.8, 4) is 0 Å². The van der Waals surface area contributed by atoms with E-state index in [2.05, 4.69) is 14.8 Å². The standard InChI is InChI=1S/C20H23N5O4S/c1-13-11-19(26)25-18(21-13)12-16(22-25)17-9-5-6-10-24(17)20(27)14-7-3-4-8-15(14)23-30(2,28)29/h3-4,7-8,11-12,17,22-23H,5-6,9-10H2,1-2H3. The summed E-state index contributed by atoms with van der Waals surface area (Å²) in [5.74, 6) is -0.262. The third kappa shape index (κ3) is 3.95. The van der Waals surface area contributed by atoms with Crippen molar-refractivity contribution in [2.75, 3.05) is 17.5 Å². The molecule has 0 radical (unpaired) electrons. The number of carbonyl (C=O) groups excluding carboxylic acids is 1. The van der Waals surface area contributed by atoms with Crippen molar-refractivity contribution < 1.29 is 13.2 Å². The number of hydrogen-bond acceptors (Lipinski definition) is 5. The van der Waals surface area contributed by atoms with Gasteiger partial charge in [0.05, 0.1) is 29.2 Å². The molecule has 2 aromatic heterocycles. The monoisotopic (exact) mass is 429 g/mol. The smallest absolute Gasteiger partial charge is 0.272 e. The Bertz CT molecular complexity index is 1280. The van der Waals surface area contributed by atoms with Crippen LogP contribution in [0.25, 0.3) is 5.65 Å². The first-order chi connectivity index (χ1) is 14.2. The molecule has 1 amide bonds. The summed E-state index contributed by atoms with van der Waals surface area (Å²) < 4.78 is 27.2. The number of aromatic amines is 1.